The van der Waals surface area contributed by atoms with Crippen LogP contribution in [0.3, 0.4) is 0 Å². The van der Waals surface area contributed by atoms with Crippen molar-refractivity contribution in [3.63, 3.8) is 0 Å². The van der Waals surface area contributed by atoms with Gasteiger partial charge in [-0.2, -0.15) is 0 Å². The number of hydrogen-bond acceptors (Lipinski definition) is 1. The summed E-state index contributed by atoms with van der Waals surface area (Å²) >= 11 is 0. The highest BCUT2D eigenvalue weighted by atomic mass is 19.3. The summed E-state index contributed by atoms with van der Waals surface area (Å²) in [5.41, 5.74) is 1.46. The van der Waals surface area contributed by atoms with Crippen molar-refractivity contribution >= 4 is 6.29 Å². The zero-order valence-corrected chi connectivity index (χ0v) is 9.61. The summed E-state index contributed by atoms with van der Waals surface area (Å²) in [5.74, 6) is -0.644. The standard InChI is InChI=1S/C14H16F2O/c15-14(16)13-7-2-1-6-12(13)11-5-3-4-10(8-11)9-17/h3-5,8-9,12-14H,1-2,6-7H2. The van der Waals surface area contributed by atoms with E-state index in [0.29, 0.717) is 12.0 Å². The number of aldehydes is 1. The van der Waals surface area contributed by atoms with Crippen molar-refractivity contribution in [1.82, 2.24) is 0 Å². The molecule has 0 spiro atoms. The summed E-state index contributed by atoms with van der Waals surface area (Å²) in [7, 11) is 0. The molecule has 1 aromatic rings. The fourth-order valence-corrected chi connectivity index (χ4v) is 2.74. The highest BCUT2D eigenvalue weighted by Gasteiger charge is 2.32. The summed E-state index contributed by atoms with van der Waals surface area (Å²) in [6.07, 6.45) is 1.78. The SMILES string of the molecule is O=Cc1cccc(C2CCCCC2C(F)F)c1. The Morgan fingerprint density at radius 3 is 2.71 bits per heavy atom. The molecule has 2 atom stereocenters. The third-order valence-corrected chi connectivity index (χ3v) is 3.62. The molecule has 0 aromatic heterocycles. The van der Waals surface area contributed by atoms with E-state index in [1.807, 2.05) is 6.07 Å². The number of rotatable bonds is 3. The lowest BCUT2D eigenvalue weighted by atomic mass is 9.75. The summed E-state index contributed by atoms with van der Waals surface area (Å²) in [6, 6.07) is 7.09. The Labute approximate surface area is 99.8 Å². The number of carbonyl (C=O) groups excluding carboxylic acids is 1. The highest BCUT2D eigenvalue weighted by molar-refractivity contribution is 5.75. The van der Waals surface area contributed by atoms with Crippen LogP contribution in [-0.2, 0) is 0 Å². The van der Waals surface area contributed by atoms with Crippen LogP contribution in [0.2, 0.25) is 0 Å². The number of carbonyl (C=O) groups is 1. The first-order valence-corrected chi connectivity index (χ1v) is 6.05. The van der Waals surface area contributed by atoms with Crippen LogP contribution in [-0.4, -0.2) is 12.7 Å². The fourth-order valence-electron chi connectivity index (χ4n) is 2.74. The minimum absolute atomic E-state index is 0.0938. The minimum Gasteiger partial charge on any atom is -0.298 e. The number of benzene rings is 1. The van der Waals surface area contributed by atoms with Crippen molar-refractivity contribution in [2.75, 3.05) is 0 Å². The third-order valence-electron chi connectivity index (χ3n) is 3.62. The predicted octanol–water partition coefficient (Wildman–Crippen LogP) is 4.04. The molecule has 2 rings (SSSR count). The molecule has 0 saturated heterocycles. The molecule has 1 nitrogen and oxygen atoms in total. The molecule has 1 fully saturated rings. The molecule has 0 bridgehead atoms. The first-order chi connectivity index (χ1) is 8.22. The summed E-state index contributed by atoms with van der Waals surface area (Å²) in [6.45, 7) is 0. The second-order valence-corrected chi connectivity index (χ2v) is 4.68. The molecular weight excluding hydrogens is 222 g/mol. The van der Waals surface area contributed by atoms with E-state index in [1.165, 1.54) is 0 Å². The maximum absolute atomic E-state index is 13.0. The van der Waals surface area contributed by atoms with Crippen molar-refractivity contribution in [3.8, 4) is 0 Å². The van der Waals surface area contributed by atoms with Crippen molar-refractivity contribution in [3.05, 3.63) is 35.4 Å². The molecule has 0 aliphatic heterocycles. The maximum atomic E-state index is 13.0. The first-order valence-electron chi connectivity index (χ1n) is 6.05. The Kier molecular flexibility index (Phi) is 3.87. The lowest BCUT2D eigenvalue weighted by Crippen LogP contribution is -2.24. The van der Waals surface area contributed by atoms with Gasteiger partial charge in [0.05, 0.1) is 0 Å². The van der Waals surface area contributed by atoms with Gasteiger partial charge in [0.15, 0.2) is 0 Å². The van der Waals surface area contributed by atoms with E-state index in [0.717, 1.165) is 31.1 Å². The molecule has 0 N–H and O–H groups in total. The van der Waals surface area contributed by atoms with Gasteiger partial charge in [0, 0.05) is 11.5 Å². The number of alkyl halides is 2. The summed E-state index contributed by atoms with van der Waals surface area (Å²) < 4.78 is 25.9. The van der Waals surface area contributed by atoms with E-state index in [4.69, 9.17) is 0 Å². The predicted molar refractivity (Wildman–Crippen MR) is 62.5 cm³/mol. The normalized spacial score (nSPS) is 24.9. The van der Waals surface area contributed by atoms with E-state index in [2.05, 4.69) is 0 Å². The Morgan fingerprint density at radius 2 is 2.00 bits per heavy atom. The molecule has 0 amide bonds. The molecule has 1 saturated carbocycles. The van der Waals surface area contributed by atoms with Crippen LogP contribution in [0.5, 0.6) is 0 Å². The van der Waals surface area contributed by atoms with Crippen molar-refractivity contribution in [1.29, 1.82) is 0 Å². The van der Waals surface area contributed by atoms with Crippen LogP contribution in [0.4, 0.5) is 8.78 Å². The van der Waals surface area contributed by atoms with Gasteiger partial charge in [-0.3, -0.25) is 4.79 Å². The van der Waals surface area contributed by atoms with Gasteiger partial charge in [-0.25, -0.2) is 8.78 Å². The van der Waals surface area contributed by atoms with Gasteiger partial charge in [0.1, 0.15) is 6.29 Å². The van der Waals surface area contributed by atoms with Crippen LogP contribution in [0.1, 0.15) is 47.5 Å². The Hall–Kier alpha value is -1.25. The lowest BCUT2D eigenvalue weighted by molar-refractivity contribution is 0.0430. The molecule has 2 unspecified atom stereocenters. The molecule has 3 heteroatoms. The molecule has 1 aliphatic rings. The van der Waals surface area contributed by atoms with Crippen molar-refractivity contribution in [2.24, 2.45) is 5.92 Å². The summed E-state index contributed by atoms with van der Waals surface area (Å²) in [4.78, 5) is 10.7. The smallest absolute Gasteiger partial charge is 0.242 e. The van der Waals surface area contributed by atoms with Crippen LogP contribution >= 0.6 is 0 Å². The molecule has 92 valence electrons. The van der Waals surface area contributed by atoms with E-state index in [1.54, 1.807) is 18.2 Å². The molecule has 1 aliphatic carbocycles. The van der Waals surface area contributed by atoms with E-state index in [-0.39, 0.29) is 5.92 Å². The van der Waals surface area contributed by atoms with Crippen molar-refractivity contribution in [2.45, 2.75) is 38.0 Å². The summed E-state index contributed by atoms with van der Waals surface area (Å²) in [5, 5.41) is 0. The Balaban J connectivity index is 2.25. The Morgan fingerprint density at radius 1 is 1.24 bits per heavy atom. The largest absolute Gasteiger partial charge is 0.298 e. The van der Waals surface area contributed by atoms with Gasteiger partial charge in [-0.15, -0.1) is 0 Å². The van der Waals surface area contributed by atoms with Gasteiger partial charge in [-0.05, 0) is 30.4 Å². The molecular formula is C14H16F2O. The molecule has 17 heavy (non-hydrogen) atoms. The average Bonchev–Trinajstić information content (AvgIpc) is 2.39. The monoisotopic (exact) mass is 238 g/mol. The van der Waals surface area contributed by atoms with Crippen LogP contribution in [0, 0.1) is 5.92 Å². The minimum atomic E-state index is -2.26. The zero-order valence-electron chi connectivity index (χ0n) is 9.61. The van der Waals surface area contributed by atoms with E-state index < -0.39 is 12.3 Å². The van der Waals surface area contributed by atoms with E-state index in [9.17, 15) is 13.6 Å². The molecule has 1 aromatic carbocycles. The number of halogens is 2. The first kappa shape index (κ1) is 12.2. The van der Waals surface area contributed by atoms with Gasteiger partial charge in [0.25, 0.3) is 0 Å². The van der Waals surface area contributed by atoms with Gasteiger partial charge < -0.3 is 0 Å². The average molecular weight is 238 g/mol. The van der Waals surface area contributed by atoms with E-state index >= 15 is 0 Å². The van der Waals surface area contributed by atoms with Crippen molar-refractivity contribution < 1.29 is 13.6 Å². The van der Waals surface area contributed by atoms with Crippen LogP contribution in [0.25, 0.3) is 0 Å². The van der Waals surface area contributed by atoms with Gasteiger partial charge in [0.2, 0.25) is 6.43 Å². The third kappa shape index (κ3) is 2.71. The fraction of sp³-hybridized carbons (Fsp3) is 0.500. The number of hydrogen-bond donors (Lipinski definition) is 0. The van der Waals surface area contributed by atoms with Crippen LogP contribution in [0.15, 0.2) is 24.3 Å². The molecule has 0 heterocycles. The Bertz CT molecular complexity index is 390. The maximum Gasteiger partial charge on any atom is 0.242 e. The second kappa shape index (κ2) is 5.39. The van der Waals surface area contributed by atoms with Gasteiger partial charge >= 0.3 is 0 Å². The quantitative estimate of drug-likeness (QED) is 0.726. The van der Waals surface area contributed by atoms with Crippen LogP contribution < -0.4 is 0 Å². The topological polar surface area (TPSA) is 17.1 Å². The highest BCUT2D eigenvalue weighted by Crippen LogP contribution is 2.41. The zero-order chi connectivity index (χ0) is 12.3. The lowest BCUT2D eigenvalue weighted by Gasteiger charge is -2.31. The van der Waals surface area contributed by atoms with Gasteiger partial charge in [-0.1, -0.05) is 31.0 Å². The second-order valence-electron chi connectivity index (χ2n) is 4.68. The molecule has 0 radical (unpaired) electrons.